The number of ether oxygens (including phenoxy) is 5. The van der Waals surface area contributed by atoms with Crippen molar-refractivity contribution in [3.05, 3.63) is 0 Å². The van der Waals surface area contributed by atoms with Gasteiger partial charge in [-0.1, -0.05) is 13.3 Å². The molecule has 5 atom stereocenters. The van der Waals surface area contributed by atoms with Crippen LogP contribution in [0.15, 0.2) is 0 Å². The van der Waals surface area contributed by atoms with Crippen molar-refractivity contribution in [1.29, 1.82) is 0 Å². The van der Waals surface area contributed by atoms with Gasteiger partial charge in [-0.25, -0.2) is 23.7 Å². The number of carbonyl (C=O) groups is 4. The zero-order valence-electron chi connectivity index (χ0n) is 20.1. The summed E-state index contributed by atoms with van der Waals surface area (Å²) in [4.78, 5) is 47.3. The minimum atomic E-state index is -3.71. The van der Waals surface area contributed by atoms with E-state index >= 15 is 0 Å². The highest BCUT2D eigenvalue weighted by Gasteiger charge is 2.29. The van der Waals surface area contributed by atoms with Crippen molar-refractivity contribution in [2.75, 3.05) is 27.0 Å². The highest BCUT2D eigenvalue weighted by Crippen LogP contribution is 2.44. The van der Waals surface area contributed by atoms with Crippen LogP contribution in [0.4, 0.5) is 0 Å². The molecule has 0 rings (SSSR count). The quantitative estimate of drug-likeness (QED) is 0.114. The minimum absolute atomic E-state index is 0. The molecule has 0 saturated carbocycles. The zero-order valence-corrected chi connectivity index (χ0v) is 21.0. The van der Waals surface area contributed by atoms with Crippen LogP contribution in [0.25, 0.3) is 0 Å². The second-order valence-corrected chi connectivity index (χ2v) is 8.52. The maximum Gasteiger partial charge on any atom is 0.385 e. The molecule has 12 nitrogen and oxygen atoms in total. The van der Waals surface area contributed by atoms with E-state index < -0.39 is 55.9 Å². The maximum absolute atomic E-state index is 12.1. The topological polar surface area (TPSA) is 150 Å². The average Bonchev–Trinajstić information content (AvgIpc) is 2.77. The first kappa shape index (κ1) is 34.1. The van der Waals surface area contributed by atoms with Crippen molar-refractivity contribution in [2.24, 2.45) is 0 Å². The van der Waals surface area contributed by atoms with E-state index in [1.54, 1.807) is 6.92 Å². The van der Waals surface area contributed by atoms with Crippen LogP contribution in [0.1, 0.15) is 46.3 Å². The van der Waals surface area contributed by atoms with Crippen molar-refractivity contribution < 1.29 is 60.8 Å². The van der Waals surface area contributed by atoms with Gasteiger partial charge in [0.2, 0.25) is 0 Å². The zero-order chi connectivity index (χ0) is 26.3. The van der Waals surface area contributed by atoms with Crippen LogP contribution in [0, 0.1) is 23.9 Å². The lowest BCUT2D eigenvalue weighted by Gasteiger charge is -2.18. The van der Waals surface area contributed by atoms with Crippen molar-refractivity contribution in [1.82, 2.24) is 0 Å². The fraction of sp³-hybridized carbons (Fsp3) is 0.636. The van der Waals surface area contributed by atoms with Gasteiger partial charge in [0.1, 0.15) is 19.3 Å². The molecule has 0 radical (unpaired) electrons. The first-order valence-electron chi connectivity index (χ1n) is 9.97. The van der Waals surface area contributed by atoms with Gasteiger partial charge in [0.05, 0.1) is 6.66 Å². The number of rotatable bonds is 13. The Labute approximate surface area is 210 Å². The Bertz CT molecular complexity index is 907. The molecule has 0 unspecified atom stereocenters. The molecule has 35 heavy (non-hydrogen) atoms. The van der Waals surface area contributed by atoms with E-state index in [4.69, 9.17) is 32.7 Å². The third-order valence-electron chi connectivity index (χ3n) is 3.64. The van der Waals surface area contributed by atoms with E-state index in [1.165, 1.54) is 34.8 Å². The molecule has 0 aromatic carbocycles. The monoisotopic (exact) mass is 526 g/mol. The molecule has 0 aliphatic carbocycles. The second-order valence-electron chi connectivity index (χ2n) is 6.58. The fourth-order valence-corrected chi connectivity index (χ4v) is 2.71. The molecule has 0 aliphatic rings. The highest BCUT2D eigenvalue weighted by molar-refractivity contribution is 7.53. The predicted octanol–water partition coefficient (Wildman–Crippen LogP) is 2.57. The van der Waals surface area contributed by atoms with Crippen LogP contribution in [-0.4, -0.2) is 75.3 Å². The van der Waals surface area contributed by atoms with Gasteiger partial charge in [0, 0.05) is 17.3 Å². The highest BCUT2D eigenvalue weighted by atomic mass is 31.2. The van der Waals surface area contributed by atoms with Gasteiger partial charge in [-0.15, -0.1) is 0 Å². The molecule has 0 spiro atoms. The number of carbonyl (C=O) groups excluding carboxylic acids is 4. The largest absolute Gasteiger partial charge is 0.459 e. The van der Waals surface area contributed by atoms with Crippen molar-refractivity contribution in [3.63, 3.8) is 0 Å². The van der Waals surface area contributed by atoms with Crippen LogP contribution in [-0.2, 0) is 56.5 Å². The lowest BCUT2D eigenvalue weighted by molar-refractivity contribution is -0.176. The molecular weight excluding hydrogens is 487 g/mol. The molecule has 0 amide bonds. The molecule has 204 valence electrons. The number of methoxy groups -OCH3 is 1. The van der Waals surface area contributed by atoms with Crippen LogP contribution in [0.2, 0.25) is 0 Å². The Kier molecular flexibility index (Phi) is 17.0. The summed E-state index contributed by atoms with van der Waals surface area (Å²) in [5.74, 6) is 3.62. The molecule has 0 N–H and O–H groups in total. The van der Waals surface area contributed by atoms with Crippen molar-refractivity contribution >= 4 is 31.5 Å². The summed E-state index contributed by atoms with van der Waals surface area (Å²) < 4.78 is 46.1. The molecule has 0 aromatic heterocycles. The Hall–Kier alpha value is -3.05. The van der Waals surface area contributed by atoms with Gasteiger partial charge in [-0.05, 0) is 40.5 Å². The first-order chi connectivity index (χ1) is 15.8. The normalized spacial score (nSPS) is 14.8. The summed E-state index contributed by atoms with van der Waals surface area (Å²) in [5.41, 5.74) is 0. The smallest absolute Gasteiger partial charge is 0.385 e. The van der Waals surface area contributed by atoms with E-state index in [2.05, 4.69) is 23.9 Å². The van der Waals surface area contributed by atoms with Gasteiger partial charge < -0.3 is 28.2 Å². The van der Waals surface area contributed by atoms with Crippen LogP contribution in [0.5, 0.6) is 0 Å². The molecule has 0 heterocycles. The standard InChI is InChI=1S/C21H29O12P.CH4.3H2/c1-8-9-10-11-30-34(7,26)33-17(5)21(25)32-16(4)19(23)29-13-12-28-18(22)15(3)31-20(24)14(2)27-6;;;;/h14-17H,12-13H2,1-7H3;1H4;3*1H/t14-,15-,16+,17+,34+;;;;/m1..../s1. The minimum Gasteiger partial charge on any atom is -0.459 e. The molecule has 0 bridgehead atoms. The van der Waals surface area contributed by atoms with E-state index in [-0.39, 0.29) is 24.9 Å². The number of hydrogen-bond acceptors (Lipinski definition) is 12. The lowest BCUT2D eigenvalue weighted by atomic mass is 10.4. The Balaban J connectivity index is -0.000000907. The Morgan fingerprint density at radius 2 is 1.26 bits per heavy atom. The summed E-state index contributed by atoms with van der Waals surface area (Å²) in [6, 6.07) is 0. The molecule has 0 fully saturated rings. The van der Waals surface area contributed by atoms with Crippen LogP contribution < -0.4 is 0 Å². The van der Waals surface area contributed by atoms with Gasteiger partial charge in [-0.2, -0.15) is 0 Å². The maximum atomic E-state index is 12.1. The number of esters is 4. The van der Waals surface area contributed by atoms with Crippen molar-refractivity contribution in [2.45, 2.75) is 66.5 Å². The Morgan fingerprint density at radius 1 is 0.800 bits per heavy atom. The first-order valence-corrected chi connectivity index (χ1v) is 12.0. The average molecular weight is 527 g/mol. The SMILES string of the molecule is C.CC#CC#CO[P@](C)(=O)O[C@@H](C)C(=O)O[C@@H](C)C(=O)OCCOC(=O)[C@@H](C)OC(=O)[C@@H](C)OC.[HH].[HH].[HH]. The molecule has 0 saturated heterocycles. The summed E-state index contributed by atoms with van der Waals surface area (Å²) in [6.07, 6.45) is -2.62. The number of hydrogen-bond donors (Lipinski definition) is 0. The Morgan fingerprint density at radius 3 is 1.69 bits per heavy atom. The van der Waals surface area contributed by atoms with E-state index in [1.807, 2.05) is 0 Å². The van der Waals surface area contributed by atoms with Gasteiger partial charge in [-0.3, -0.25) is 4.52 Å². The summed E-state index contributed by atoms with van der Waals surface area (Å²) in [7, 11) is -2.40. The molecule has 13 heteroatoms. The molecule has 0 aromatic rings. The third kappa shape index (κ3) is 14.7. The molecule has 0 aliphatic heterocycles. The van der Waals surface area contributed by atoms with E-state index in [9.17, 15) is 23.7 Å². The van der Waals surface area contributed by atoms with E-state index in [0.717, 1.165) is 6.66 Å². The van der Waals surface area contributed by atoms with Crippen LogP contribution >= 0.6 is 7.60 Å². The summed E-state index contributed by atoms with van der Waals surface area (Å²) in [6.45, 7) is 7.24. The van der Waals surface area contributed by atoms with Gasteiger partial charge in [0.25, 0.3) is 0 Å². The van der Waals surface area contributed by atoms with Crippen LogP contribution in [0.3, 0.4) is 0 Å². The van der Waals surface area contributed by atoms with Crippen molar-refractivity contribution in [3.8, 4) is 23.9 Å². The van der Waals surface area contributed by atoms with Gasteiger partial charge >= 0.3 is 31.5 Å². The summed E-state index contributed by atoms with van der Waals surface area (Å²) in [5, 5.41) is 0. The van der Waals surface area contributed by atoms with E-state index in [0.29, 0.717) is 0 Å². The second kappa shape index (κ2) is 17.4. The fourth-order valence-electron chi connectivity index (χ4n) is 1.80. The molecular formula is C22H39O12P. The summed E-state index contributed by atoms with van der Waals surface area (Å²) >= 11 is 0. The third-order valence-corrected chi connectivity index (χ3v) is 4.76. The predicted molar refractivity (Wildman–Crippen MR) is 129 cm³/mol. The lowest BCUT2D eigenvalue weighted by Crippen LogP contribution is -2.33. The van der Waals surface area contributed by atoms with Gasteiger partial charge in [0.15, 0.2) is 24.4 Å².